The molecule has 1 N–H and O–H groups in total. The lowest BCUT2D eigenvalue weighted by Gasteiger charge is -2.35. The smallest absolute Gasteiger partial charge is 0.227 e. The van der Waals surface area contributed by atoms with Gasteiger partial charge < -0.3 is 10.0 Å². The number of carbonyl (C=O) groups excluding carboxylic acids is 1. The number of β-amino-alcohol motifs (C(OH)–C–C–N with tert-alkyl or cyclic N) is 1. The number of carbonyl (C=O) groups is 1. The van der Waals surface area contributed by atoms with E-state index >= 15 is 0 Å². The van der Waals surface area contributed by atoms with Gasteiger partial charge in [-0.2, -0.15) is 0 Å². The van der Waals surface area contributed by atoms with Crippen LogP contribution in [0, 0.1) is 0 Å². The van der Waals surface area contributed by atoms with Gasteiger partial charge in [-0.3, -0.25) is 9.69 Å². The van der Waals surface area contributed by atoms with E-state index < -0.39 is 6.10 Å². The van der Waals surface area contributed by atoms with Gasteiger partial charge in [0.25, 0.3) is 0 Å². The maximum atomic E-state index is 12.3. The van der Waals surface area contributed by atoms with Crippen LogP contribution in [0.25, 0.3) is 0 Å². The van der Waals surface area contributed by atoms with Crippen molar-refractivity contribution < 1.29 is 9.90 Å². The van der Waals surface area contributed by atoms with E-state index in [0.717, 1.165) is 36.6 Å². The summed E-state index contributed by atoms with van der Waals surface area (Å²) in [5, 5.41) is 12.3. The Morgan fingerprint density at radius 3 is 2.48 bits per heavy atom. The van der Waals surface area contributed by atoms with Gasteiger partial charge in [-0.25, -0.2) is 0 Å². The third-order valence-corrected chi connectivity index (χ3v) is 5.12. The van der Waals surface area contributed by atoms with Gasteiger partial charge in [-0.05, 0) is 17.0 Å². The lowest BCUT2D eigenvalue weighted by molar-refractivity contribution is -0.132. The van der Waals surface area contributed by atoms with Crippen LogP contribution in [0.15, 0.2) is 47.8 Å². The number of nitrogens with zero attached hydrogens (tertiary/aromatic N) is 2. The summed E-state index contributed by atoms with van der Waals surface area (Å²) in [6.07, 6.45) is 0.0363. The molecule has 122 valence electrons. The predicted molar refractivity (Wildman–Crippen MR) is 92.4 cm³/mol. The second kappa shape index (κ2) is 7.73. The van der Waals surface area contributed by atoms with Gasteiger partial charge in [0, 0.05) is 37.6 Å². The van der Waals surface area contributed by atoms with Crippen molar-refractivity contribution in [2.24, 2.45) is 0 Å². The fourth-order valence-corrected chi connectivity index (χ4v) is 3.57. The fourth-order valence-electron chi connectivity index (χ4n) is 2.88. The normalized spacial score (nSPS) is 17.2. The highest BCUT2D eigenvalue weighted by Crippen LogP contribution is 2.16. The second-order valence-electron chi connectivity index (χ2n) is 5.86. The average Bonchev–Trinajstić information content (AvgIpc) is 3.09. The van der Waals surface area contributed by atoms with Crippen molar-refractivity contribution in [3.8, 4) is 0 Å². The number of rotatable bonds is 5. The number of piperazine rings is 1. The molecule has 1 unspecified atom stereocenters. The van der Waals surface area contributed by atoms with Crippen molar-refractivity contribution >= 4 is 17.2 Å². The van der Waals surface area contributed by atoms with Crippen LogP contribution in [0.5, 0.6) is 0 Å². The number of aliphatic hydroxyl groups excluding tert-OH is 1. The van der Waals surface area contributed by atoms with Gasteiger partial charge in [0.15, 0.2) is 0 Å². The molecule has 1 fully saturated rings. The minimum atomic E-state index is -0.468. The summed E-state index contributed by atoms with van der Waals surface area (Å²) in [7, 11) is 0. The summed E-state index contributed by atoms with van der Waals surface area (Å²) < 4.78 is 0. The Balaban J connectivity index is 1.46. The number of amides is 1. The van der Waals surface area contributed by atoms with Crippen LogP contribution in [0.4, 0.5) is 0 Å². The Morgan fingerprint density at radius 2 is 1.83 bits per heavy atom. The minimum Gasteiger partial charge on any atom is -0.387 e. The topological polar surface area (TPSA) is 43.8 Å². The molecule has 1 aliphatic rings. The van der Waals surface area contributed by atoms with Crippen molar-refractivity contribution in [3.05, 3.63) is 58.3 Å². The molecule has 1 atom stereocenters. The minimum absolute atomic E-state index is 0.204. The van der Waals surface area contributed by atoms with E-state index in [0.29, 0.717) is 13.0 Å². The zero-order valence-electron chi connectivity index (χ0n) is 13.1. The molecule has 3 rings (SSSR count). The molecule has 1 aliphatic heterocycles. The Hall–Kier alpha value is -1.69. The molecule has 4 nitrogen and oxygen atoms in total. The van der Waals surface area contributed by atoms with E-state index in [1.54, 1.807) is 11.3 Å². The number of thiophene rings is 1. The second-order valence-corrected chi connectivity index (χ2v) is 6.90. The van der Waals surface area contributed by atoms with E-state index in [9.17, 15) is 9.90 Å². The van der Waals surface area contributed by atoms with Crippen LogP contribution >= 0.6 is 11.3 Å². The van der Waals surface area contributed by atoms with E-state index in [4.69, 9.17) is 0 Å². The first kappa shape index (κ1) is 16.2. The summed E-state index contributed by atoms with van der Waals surface area (Å²) in [6.45, 7) is 3.74. The van der Waals surface area contributed by atoms with Crippen LogP contribution in [0.3, 0.4) is 0 Å². The third kappa shape index (κ3) is 4.41. The molecule has 0 bridgehead atoms. The van der Waals surface area contributed by atoms with E-state index in [1.165, 1.54) is 0 Å². The summed E-state index contributed by atoms with van der Waals surface area (Å²) in [6, 6.07) is 13.7. The van der Waals surface area contributed by atoms with Crippen molar-refractivity contribution in [3.63, 3.8) is 0 Å². The zero-order chi connectivity index (χ0) is 16.1. The molecule has 1 saturated heterocycles. The van der Waals surface area contributed by atoms with Crippen molar-refractivity contribution in [2.75, 3.05) is 32.7 Å². The van der Waals surface area contributed by atoms with E-state index in [2.05, 4.69) is 4.90 Å². The Morgan fingerprint density at radius 1 is 1.09 bits per heavy atom. The molecule has 0 saturated carbocycles. The molecule has 0 radical (unpaired) electrons. The molecule has 0 spiro atoms. The maximum Gasteiger partial charge on any atom is 0.227 e. The standard InChI is InChI=1S/C18H22N2O2S/c21-17(15-5-2-1-3-6-15)14-19-8-10-20(11-9-19)18(22)13-16-7-4-12-23-16/h1-7,12,17,21H,8-11,13-14H2. The molecule has 23 heavy (non-hydrogen) atoms. The first-order chi connectivity index (χ1) is 11.2. The van der Waals surface area contributed by atoms with Crippen LogP contribution in [0.1, 0.15) is 16.5 Å². The first-order valence-corrected chi connectivity index (χ1v) is 8.86. The van der Waals surface area contributed by atoms with Gasteiger partial charge >= 0.3 is 0 Å². The largest absolute Gasteiger partial charge is 0.387 e. The zero-order valence-corrected chi connectivity index (χ0v) is 13.9. The monoisotopic (exact) mass is 330 g/mol. The average molecular weight is 330 g/mol. The van der Waals surface area contributed by atoms with Crippen molar-refractivity contribution in [2.45, 2.75) is 12.5 Å². The van der Waals surface area contributed by atoms with Gasteiger partial charge in [-0.15, -0.1) is 11.3 Å². The Bertz CT molecular complexity index is 607. The number of hydrogen-bond donors (Lipinski definition) is 1. The molecule has 0 aliphatic carbocycles. The lowest BCUT2D eigenvalue weighted by Crippen LogP contribution is -2.49. The molecule has 1 aromatic heterocycles. The predicted octanol–water partition coefficient (Wildman–Crippen LogP) is 2.17. The molecule has 1 aromatic carbocycles. The summed E-state index contributed by atoms with van der Waals surface area (Å²) in [4.78, 5) is 17.6. The SMILES string of the molecule is O=C(Cc1cccs1)N1CCN(CC(O)c2ccccc2)CC1. The van der Waals surface area contributed by atoms with Gasteiger partial charge in [0.2, 0.25) is 5.91 Å². The van der Waals surface area contributed by atoms with E-state index in [-0.39, 0.29) is 5.91 Å². The number of hydrogen-bond acceptors (Lipinski definition) is 4. The quantitative estimate of drug-likeness (QED) is 0.914. The highest BCUT2D eigenvalue weighted by Gasteiger charge is 2.23. The number of aliphatic hydroxyl groups is 1. The first-order valence-electron chi connectivity index (χ1n) is 7.98. The molecule has 1 amide bonds. The molecular weight excluding hydrogens is 308 g/mol. The van der Waals surface area contributed by atoms with Crippen LogP contribution in [-0.2, 0) is 11.2 Å². The van der Waals surface area contributed by atoms with Crippen LogP contribution in [0.2, 0.25) is 0 Å². The molecular formula is C18H22N2O2S. The summed E-state index contributed by atoms with van der Waals surface area (Å²) in [5.74, 6) is 0.204. The van der Waals surface area contributed by atoms with Gasteiger partial charge in [0.05, 0.1) is 12.5 Å². The Kier molecular flexibility index (Phi) is 5.43. The van der Waals surface area contributed by atoms with Crippen LogP contribution in [-0.4, -0.2) is 53.5 Å². The van der Waals surface area contributed by atoms with Crippen molar-refractivity contribution in [1.29, 1.82) is 0 Å². The maximum absolute atomic E-state index is 12.3. The van der Waals surface area contributed by atoms with Gasteiger partial charge in [0.1, 0.15) is 0 Å². The lowest BCUT2D eigenvalue weighted by atomic mass is 10.1. The van der Waals surface area contributed by atoms with E-state index in [1.807, 2.05) is 52.7 Å². The summed E-state index contributed by atoms with van der Waals surface area (Å²) >= 11 is 1.63. The Labute approximate surface area is 141 Å². The van der Waals surface area contributed by atoms with Crippen LogP contribution < -0.4 is 0 Å². The molecule has 5 heteroatoms. The summed E-state index contributed by atoms with van der Waals surface area (Å²) in [5.41, 5.74) is 0.948. The van der Waals surface area contributed by atoms with Crippen molar-refractivity contribution in [1.82, 2.24) is 9.80 Å². The third-order valence-electron chi connectivity index (χ3n) is 4.25. The number of benzene rings is 1. The highest BCUT2D eigenvalue weighted by atomic mass is 32.1. The van der Waals surface area contributed by atoms with Gasteiger partial charge in [-0.1, -0.05) is 36.4 Å². The fraction of sp³-hybridized carbons (Fsp3) is 0.389. The highest BCUT2D eigenvalue weighted by molar-refractivity contribution is 7.10. The molecule has 2 heterocycles. The molecule has 2 aromatic rings.